The van der Waals surface area contributed by atoms with Crippen molar-refractivity contribution in [1.29, 1.82) is 0 Å². The lowest BCUT2D eigenvalue weighted by Gasteiger charge is -2.15. The van der Waals surface area contributed by atoms with E-state index < -0.39 is 0 Å². The second-order valence-corrected chi connectivity index (χ2v) is 4.48. The van der Waals surface area contributed by atoms with Crippen molar-refractivity contribution in [1.82, 2.24) is 9.88 Å². The number of nitrogens with two attached hydrogens (primary N) is 1. The lowest BCUT2D eigenvalue weighted by atomic mass is 10.1. The molecule has 5 nitrogen and oxygen atoms in total. The number of benzene rings is 1. The van der Waals surface area contributed by atoms with Gasteiger partial charge < -0.3 is 10.3 Å². The summed E-state index contributed by atoms with van der Waals surface area (Å²) in [6, 6.07) is 13.3. The van der Waals surface area contributed by atoms with Crippen LogP contribution in [0.25, 0.3) is 0 Å². The molecule has 1 amide bonds. The van der Waals surface area contributed by atoms with E-state index in [1.807, 2.05) is 24.3 Å². The fraction of sp³-hybridized carbons (Fsp3) is 0.143. The van der Waals surface area contributed by atoms with Crippen molar-refractivity contribution in [2.75, 3.05) is 5.43 Å². The zero-order chi connectivity index (χ0) is 13.2. The Morgan fingerprint density at radius 1 is 1.11 bits per heavy atom. The molecular weight excluding hydrogens is 240 g/mol. The lowest BCUT2D eigenvalue weighted by molar-refractivity contribution is 0.0745. The zero-order valence-electron chi connectivity index (χ0n) is 10.3. The van der Waals surface area contributed by atoms with Gasteiger partial charge in [0.15, 0.2) is 0 Å². The molecule has 5 heteroatoms. The standard InChI is InChI=1S/C14H14N4O/c15-17-13-7-3-6-12(16-13)14(19)18-8-10-4-1-2-5-11(10)9-18/h1-7H,8-9,15H2,(H,16,17). The van der Waals surface area contributed by atoms with E-state index in [0.717, 1.165) is 0 Å². The summed E-state index contributed by atoms with van der Waals surface area (Å²) >= 11 is 0. The average Bonchev–Trinajstić information content (AvgIpc) is 2.90. The molecule has 0 atom stereocenters. The lowest BCUT2D eigenvalue weighted by Crippen LogP contribution is -2.26. The van der Waals surface area contributed by atoms with Crippen molar-refractivity contribution >= 4 is 11.7 Å². The first-order valence-corrected chi connectivity index (χ1v) is 6.07. The minimum atomic E-state index is -0.0756. The molecule has 1 aromatic heterocycles. The summed E-state index contributed by atoms with van der Waals surface area (Å²) in [4.78, 5) is 18.3. The van der Waals surface area contributed by atoms with Crippen LogP contribution in [0, 0.1) is 0 Å². The smallest absolute Gasteiger partial charge is 0.273 e. The van der Waals surface area contributed by atoms with Crippen LogP contribution in [-0.4, -0.2) is 15.8 Å². The van der Waals surface area contributed by atoms with Gasteiger partial charge in [0.25, 0.3) is 5.91 Å². The summed E-state index contributed by atoms with van der Waals surface area (Å²) < 4.78 is 0. The van der Waals surface area contributed by atoms with Crippen LogP contribution < -0.4 is 11.3 Å². The van der Waals surface area contributed by atoms with E-state index >= 15 is 0 Å². The predicted molar refractivity (Wildman–Crippen MR) is 72.1 cm³/mol. The van der Waals surface area contributed by atoms with Crippen LogP contribution >= 0.6 is 0 Å². The van der Waals surface area contributed by atoms with E-state index in [0.29, 0.717) is 24.6 Å². The molecule has 96 valence electrons. The number of fused-ring (bicyclic) bond motifs is 1. The minimum Gasteiger partial charge on any atom is -0.329 e. The van der Waals surface area contributed by atoms with Gasteiger partial charge in [0.2, 0.25) is 0 Å². The summed E-state index contributed by atoms with van der Waals surface area (Å²) in [5.74, 6) is 5.72. The van der Waals surface area contributed by atoms with Crippen LogP contribution in [0.5, 0.6) is 0 Å². The van der Waals surface area contributed by atoms with Gasteiger partial charge in [0.05, 0.1) is 0 Å². The van der Waals surface area contributed by atoms with Crippen molar-refractivity contribution in [3.8, 4) is 0 Å². The molecule has 19 heavy (non-hydrogen) atoms. The molecule has 0 saturated carbocycles. The molecule has 1 aliphatic heterocycles. The fourth-order valence-corrected chi connectivity index (χ4v) is 2.27. The maximum atomic E-state index is 12.4. The Labute approximate surface area is 111 Å². The van der Waals surface area contributed by atoms with Crippen molar-refractivity contribution < 1.29 is 4.79 Å². The van der Waals surface area contributed by atoms with Gasteiger partial charge in [-0.1, -0.05) is 30.3 Å². The Morgan fingerprint density at radius 3 is 2.42 bits per heavy atom. The van der Waals surface area contributed by atoms with Gasteiger partial charge in [-0.05, 0) is 23.3 Å². The Hall–Kier alpha value is -2.40. The van der Waals surface area contributed by atoms with E-state index in [2.05, 4.69) is 10.4 Å². The van der Waals surface area contributed by atoms with Crippen LogP contribution in [0.4, 0.5) is 5.82 Å². The van der Waals surface area contributed by atoms with E-state index in [1.165, 1.54) is 11.1 Å². The van der Waals surface area contributed by atoms with E-state index in [1.54, 1.807) is 23.1 Å². The summed E-state index contributed by atoms with van der Waals surface area (Å²) in [5, 5.41) is 0. The van der Waals surface area contributed by atoms with E-state index in [9.17, 15) is 4.79 Å². The maximum Gasteiger partial charge on any atom is 0.273 e. The molecule has 2 heterocycles. The summed E-state index contributed by atoms with van der Waals surface area (Å²) in [6.07, 6.45) is 0. The number of aromatic nitrogens is 1. The first-order chi connectivity index (χ1) is 9.28. The number of amides is 1. The number of nitrogens with one attached hydrogen (secondary N) is 1. The molecule has 2 aromatic rings. The number of carbonyl (C=O) groups is 1. The number of anilines is 1. The molecule has 1 aromatic carbocycles. The Morgan fingerprint density at radius 2 is 1.79 bits per heavy atom. The molecule has 0 fully saturated rings. The minimum absolute atomic E-state index is 0.0756. The highest BCUT2D eigenvalue weighted by atomic mass is 16.2. The predicted octanol–water partition coefficient (Wildman–Crippen LogP) is 1.52. The Balaban J connectivity index is 1.83. The third-order valence-electron chi connectivity index (χ3n) is 3.24. The first-order valence-electron chi connectivity index (χ1n) is 6.07. The highest BCUT2D eigenvalue weighted by Gasteiger charge is 2.24. The molecule has 3 N–H and O–H groups in total. The number of hydrogen-bond acceptors (Lipinski definition) is 4. The van der Waals surface area contributed by atoms with Crippen molar-refractivity contribution in [3.05, 3.63) is 59.3 Å². The molecule has 0 unspecified atom stereocenters. The third kappa shape index (κ3) is 2.15. The van der Waals surface area contributed by atoms with Gasteiger partial charge in [-0.2, -0.15) is 0 Å². The van der Waals surface area contributed by atoms with Crippen LogP contribution in [0.2, 0.25) is 0 Å². The summed E-state index contributed by atoms with van der Waals surface area (Å²) in [5.41, 5.74) is 5.25. The average molecular weight is 254 g/mol. The van der Waals surface area contributed by atoms with Crippen molar-refractivity contribution in [2.24, 2.45) is 5.84 Å². The van der Waals surface area contributed by atoms with Gasteiger partial charge in [-0.25, -0.2) is 10.8 Å². The zero-order valence-corrected chi connectivity index (χ0v) is 10.3. The molecule has 0 bridgehead atoms. The number of hydrazine groups is 1. The Bertz CT molecular complexity index is 601. The van der Waals surface area contributed by atoms with Gasteiger partial charge in [-0.15, -0.1) is 0 Å². The van der Waals surface area contributed by atoms with Crippen LogP contribution in [0.3, 0.4) is 0 Å². The summed E-state index contributed by atoms with van der Waals surface area (Å²) in [6.45, 7) is 1.27. The van der Waals surface area contributed by atoms with Gasteiger partial charge in [-0.3, -0.25) is 4.79 Å². The maximum absolute atomic E-state index is 12.4. The third-order valence-corrected chi connectivity index (χ3v) is 3.24. The largest absolute Gasteiger partial charge is 0.329 e. The van der Waals surface area contributed by atoms with E-state index in [4.69, 9.17) is 5.84 Å². The topological polar surface area (TPSA) is 71.2 Å². The second kappa shape index (κ2) is 4.70. The second-order valence-electron chi connectivity index (χ2n) is 4.48. The molecule has 1 aliphatic rings. The fourth-order valence-electron chi connectivity index (χ4n) is 2.27. The number of carbonyl (C=O) groups excluding carboxylic acids is 1. The molecule has 0 saturated heterocycles. The van der Waals surface area contributed by atoms with Crippen molar-refractivity contribution in [2.45, 2.75) is 13.1 Å². The van der Waals surface area contributed by atoms with Gasteiger partial charge >= 0.3 is 0 Å². The van der Waals surface area contributed by atoms with Crippen LogP contribution in [0.15, 0.2) is 42.5 Å². The number of hydrogen-bond donors (Lipinski definition) is 2. The molecule has 0 radical (unpaired) electrons. The summed E-state index contributed by atoms with van der Waals surface area (Å²) in [7, 11) is 0. The van der Waals surface area contributed by atoms with Gasteiger partial charge in [0.1, 0.15) is 11.5 Å². The van der Waals surface area contributed by atoms with Crippen LogP contribution in [0.1, 0.15) is 21.6 Å². The Kier molecular flexibility index (Phi) is 2.89. The van der Waals surface area contributed by atoms with Crippen molar-refractivity contribution in [3.63, 3.8) is 0 Å². The molecule has 0 spiro atoms. The first kappa shape index (κ1) is 11.7. The highest BCUT2D eigenvalue weighted by Crippen LogP contribution is 2.23. The van der Waals surface area contributed by atoms with Crippen LogP contribution in [-0.2, 0) is 13.1 Å². The number of nitrogen functional groups attached to an aromatic ring is 1. The quantitative estimate of drug-likeness (QED) is 0.629. The highest BCUT2D eigenvalue weighted by molar-refractivity contribution is 5.93. The molecular formula is C14H14N4O. The number of rotatable bonds is 2. The normalized spacial score (nSPS) is 13.2. The SMILES string of the molecule is NNc1cccc(C(=O)N2Cc3ccccc3C2)n1. The monoisotopic (exact) mass is 254 g/mol. The molecule has 3 rings (SSSR count). The van der Waals surface area contributed by atoms with E-state index in [-0.39, 0.29) is 5.91 Å². The van der Waals surface area contributed by atoms with Gasteiger partial charge in [0, 0.05) is 13.1 Å². The number of pyridine rings is 1. The molecule has 0 aliphatic carbocycles. The number of nitrogens with zero attached hydrogens (tertiary/aromatic N) is 2.